The largest absolute Gasteiger partial charge is 0.497 e. The molecule has 2 aromatic rings. The third-order valence-corrected chi connectivity index (χ3v) is 7.16. The summed E-state index contributed by atoms with van der Waals surface area (Å²) in [5.74, 6) is 0.875. The van der Waals surface area contributed by atoms with Crippen molar-refractivity contribution in [3.8, 4) is 5.75 Å². The summed E-state index contributed by atoms with van der Waals surface area (Å²) in [6, 6.07) is 13.5. The number of allylic oxidation sites excluding steroid dienone is 1. The molecule has 0 radical (unpaired) electrons. The first kappa shape index (κ1) is 20.4. The number of fused-ring (bicyclic) bond motifs is 1. The summed E-state index contributed by atoms with van der Waals surface area (Å²) in [5, 5.41) is 6.53. The first-order valence-electron chi connectivity index (χ1n) is 9.95. The standard InChI is InChI=1S/C22H26N4O3S/c1-23-13-16-15-26(30(27,28)20-4-3-11-24-14-20)22-12-18(7-10-21(16)22)25-17-5-8-19(29-2)9-6-17/h4-10,12,14,16,23,25H,3,11,13,15H2,1-2H3. The average Bonchev–Trinajstić information content (AvgIpc) is 3.14. The van der Waals surface area contributed by atoms with Gasteiger partial charge in [-0.1, -0.05) is 12.1 Å². The fraction of sp³-hybridized carbons (Fsp3) is 0.318. The number of anilines is 3. The van der Waals surface area contributed by atoms with Crippen LogP contribution in [0, 0.1) is 0 Å². The predicted molar refractivity (Wildman–Crippen MR) is 122 cm³/mol. The fourth-order valence-corrected chi connectivity index (χ4v) is 5.44. The Balaban J connectivity index is 1.68. The van der Waals surface area contributed by atoms with E-state index in [1.54, 1.807) is 13.2 Å². The second-order valence-electron chi connectivity index (χ2n) is 7.35. The maximum atomic E-state index is 13.4. The first-order chi connectivity index (χ1) is 14.5. The Kier molecular flexibility index (Phi) is 5.78. The number of rotatable bonds is 7. The number of benzene rings is 2. The molecule has 1 atom stereocenters. The molecule has 2 heterocycles. The van der Waals surface area contributed by atoms with Gasteiger partial charge in [0.25, 0.3) is 10.0 Å². The highest BCUT2D eigenvalue weighted by Gasteiger charge is 2.37. The number of methoxy groups -OCH3 is 1. The van der Waals surface area contributed by atoms with Crippen molar-refractivity contribution in [3.63, 3.8) is 0 Å². The molecule has 0 fully saturated rings. The maximum Gasteiger partial charge on any atom is 0.265 e. The molecule has 30 heavy (non-hydrogen) atoms. The van der Waals surface area contributed by atoms with Gasteiger partial charge in [-0.3, -0.25) is 9.30 Å². The molecule has 0 spiro atoms. The predicted octanol–water partition coefficient (Wildman–Crippen LogP) is 3.25. The Morgan fingerprint density at radius 2 is 1.93 bits per heavy atom. The lowest BCUT2D eigenvalue weighted by atomic mass is 10.0. The number of nitrogens with zero attached hydrogens (tertiary/aromatic N) is 2. The van der Waals surface area contributed by atoms with Crippen LogP contribution in [0.5, 0.6) is 5.75 Å². The topological polar surface area (TPSA) is 83.0 Å². The summed E-state index contributed by atoms with van der Waals surface area (Å²) < 4.78 is 33.4. The molecule has 0 bridgehead atoms. The van der Waals surface area contributed by atoms with Gasteiger partial charge < -0.3 is 15.4 Å². The van der Waals surface area contributed by atoms with E-state index in [-0.39, 0.29) is 10.8 Å². The van der Waals surface area contributed by atoms with Gasteiger partial charge >= 0.3 is 0 Å². The van der Waals surface area contributed by atoms with E-state index in [2.05, 4.69) is 15.6 Å². The van der Waals surface area contributed by atoms with Crippen molar-refractivity contribution in [1.29, 1.82) is 0 Å². The summed E-state index contributed by atoms with van der Waals surface area (Å²) in [6.45, 7) is 1.75. The molecule has 2 aliphatic rings. The Hall–Kier alpha value is -2.84. The molecule has 0 saturated heterocycles. The Morgan fingerprint density at radius 1 is 1.17 bits per heavy atom. The number of dihydropyridines is 1. The van der Waals surface area contributed by atoms with Crippen LogP contribution in [-0.2, 0) is 10.0 Å². The smallest absolute Gasteiger partial charge is 0.265 e. The molecule has 2 aliphatic heterocycles. The van der Waals surface area contributed by atoms with Crippen LogP contribution in [-0.4, -0.2) is 48.4 Å². The van der Waals surface area contributed by atoms with Crippen molar-refractivity contribution in [1.82, 2.24) is 5.32 Å². The van der Waals surface area contributed by atoms with Crippen LogP contribution in [0.1, 0.15) is 17.9 Å². The number of hydrogen-bond acceptors (Lipinski definition) is 6. The monoisotopic (exact) mass is 426 g/mol. The SMILES string of the molecule is CNCC1CN(S(=O)(=O)C2=CCCN=C2)c2cc(Nc3ccc(OC)cc3)ccc21. The molecule has 2 N–H and O–H groups in total. The molecule has 8 heteroatoms. The Morgan fingerprint density at radius 3 is 2.60 bits per heavy atom. The quantitative estimate of drug-likeness (QED) is 0.710. The number of sulfonamides is 1. The van der Waals surface area contributed by atoms with Crippen molar-refractivity contribution < 1.29 is 13.2 Å². The molecule has 2 aromatic carbocycles. The van der Waals surface area contributed by atoms with Crippen LogP contribution in [0.25, 0.3) is 0 Å². The molecular formula is C22H26N4O3S. The average molecular weight is 427 g/mol. The van der Waals surface area contributed by atoms with E-state index >= 15 is 0 Å². The third kappa shape index (κ3) is 3.93. The Bertz CT molecular complexity index is 1080. The molecule has 0 aromatic heterocycles. The minimum absolute atomic E-state index is 0.0935. The minimum Gasteiger partial charge on any atom is -0.497 e. The normalized spacial score (nSPS) is 18.1. The van der Waals surface area contributed by atoms with Crippen LogP contribution in [0.4, 0.5) is 17.1 Å². The summed E-state index contributed by atoms with van der Waals surface area (Å²) in [4.78, 5) is 4.44. The van der Waals surface area contributed by atoms with Gasteiger partial charge in [0.15, 0.2) is 0 Å². The van der Waals surface area contributed by atoms with E-state index in [0.717, 1.165) is 22.7 Å². The van der Waals surface area contributed by atoms with Crippen LogP contribution < -0.4 is 19.7 Å². The fourth-order valence-electron chi connectivity index (χ4n) is 3.86. The van der Waals surface area contributed by atoms with Gasteiger partial charge in [-0.25, -0.2) is 8.42 Å². The molecule has 0 saturated carbocycles. The van der Waals surface area contributed by atoms with Crippen molar-refractivity contribution >= 4 is 33.3 Å². The van der Waals surface area contributed by atoms with Gasteiger partial charge in [-0.15, -0.1) is 0 Å². The second-order valence-corrected chi connectivity index (χ2v) is 9.21. The summed E-state index contributed by atoms with van der Waals surface area (Å²) in [6.07, 6.45) is 3.88. The van der Waals surface area contributed by atoms with E-state index in [0.29, 0.717) is 31.7 Å². The van der Waals surface area contributed by atoms with Gasteiger partial charge in [0.1, 0.15) is 10.7 Å². The van der Waals surface area contributed by atoms with Crippen molar-refractivity contribution in [2.75, 3.05) is 43.4 Å². The van der Waals surface area contributed by atoms with Gasteiger partial charge in [0.05, 0.1) is 12.8 Å². The van der Waals surface area contributed by atoms with E-state index in [9.17, 15) is 8.42 Å². The number of hydrogen-bond donors (Lipinski definition) is 2. The maximum absolute atomic E-state index is 13.4. The number of likely N-dealkylation sites (N-methyl/N-ethyl adjacent to an activating group) is 1. The minimum atomic E-state index is -3.65. The van der Waals surface area contributed by atoms with Crippen LogP contribution >= 0.6 is 0 Å². The third-order valence-electron chi connectivity index (χ3n) is 5.36. The van der Waals surface area contributed by atoms with Gasteiger partial charge in [0, 0.05) is 43.1 Å². The molecule has 7 nitrogen and oxygen atoms in total. The van der Waals surface area contributed by atoms with E-state index < -0.39 is 10.0 Å². The lowest BCUT2D eigenvalue weighted by Gasteiger charge is -2.22. The molecule has 1 unspecified atom stereocenters. The van der Waals surface area contributed by atoms with E-state index in [4.69, 9.17) is 4.74 Å². The lowest BCUT2D eigenvalue weighted by Crippen LogP contribution is -2.33. The van der Waals surface area contributed by atoms with Crippen molar-refractivity contribution in [2.24, 2.45) is 4.99 Å². The zero-order valence-electron chi connectivity index (χ0n) is 17.1. The molecule has 4 rings (SSSR count). The van der Waals surface area contributed by atoms with Crippen molar-refractivity contribution in [2.45, 2.75) is 12.3 Å². The van der Waals surface area contributed by atoms with Crippen LogP contribution in [0.15, 0.2) is 58.4 Å². The highest BCUT2D eigenvalue weighted by atomic mass is 32.2. The zero-order chi connectivity index (χ0) is 21.1. The molecule has 0 aliphatic carbocycles. The number of aliphatic imine (C=N–C) groups is 1. The zero-order valence-corrected chi connectivity index (χ0v) is 17.9. The summed E-state index contributed by atoms with van der Waals surface area (Å²) in [5.41, 5.74) is 3.47. The highest BCUT2D eigenvalue weighted by Crippen LogP contribution is 2.41. The summed E-state index contributed by atoms with van der Waals surface area (Å²) >= 11 is 0. The van der Waals surface area contributed by atoms with Crippen molar-refractivity contribution in [3.05, 3.63) is 59.0 Å². The molecular weight excluding hydrogens is 400 g/mol. The van der Waals surface area contributed by atoms with Crippen LogP contribution in [0.3, 0.4) is 0 Å². The molecule has 0 amide bonds. The number of nitrogens with one attached hydrogen (secondary N) is 2. The number of ether oxygens (including phenoxy) is 1. The van der Waals surface area contributed by atoms with Gasteiger partial charge in [0.2, 0.25) is 0 Å². The van der Waals surface area contributed by atoms with E-state index in [1.165, 1.54) is 10.5 Å². The van der Waals surface area contributed by atoms with Crippen LogP contribution in [0.2, 0.25) is 0 Å². The molecule has 158 valence electrons. The van der Waals surface area contributed by atoms with E-state index in [1.807, 2.05) is 49.5 Å². The van der Waals surface area contributed by atoms with Gasteiger partial charge in [-0.2, -0.15) is 0 Å². The second kappa shape index (κ2) is 8.49. The van der Waals surface area contributed by atoms with Gasteiger partial charge in [-0.05, 0) is 55.4 Å². The first-order valence-corrected chi connectivity index (χ1v) is 11.4. The Labute approximate surface area is 177 Å². The lowest BCUT2D eigenvalue weighted by molar-refractivity contribution is 0.415. The highest BCUT2D eigenvalue weighted by molar-refractivity contribution is 7.97. The summed E-state index contributed by atoms with van der Waals surface area (Å²) in [7, 11) is -0.139.